The topological polar surface area (TPSA) is 89.8 Å². The highest BCUT2D eigenvalue weighted by Gasteiger charge is 2.23. The van der Waals surface area contributed by atoms with E-state index < -0.39 is 17.0 Å². The number of nitrogens with zero attached hydrogens (tertiary/aromatic N) is 2. The van der Waals surface area contributed by atoms with Crippen molar-refractivity contribution in [1.29, 1.82) is 0 Å². The highest BCUT2D eigenvalue weighted by atomic mass is 16.6. The molecule has 2 aromatic rings. The number of hydrogen-bond acceptors (Lipinski definition) is 5. The first-order chi connectivity index (χ1) is 12.9. The predicted octanol–water partition coefficient (Wildman–Crippen LogP) is 3.59. The average Bonchev–Trinajstić information content (AvgIpc) is 2.67. The summed E-state index contributed by atoms with van der Waals surface area (Å²) in [5, 5.41) is 11.0. The number of likely N-dealkylation sites (N-methyl/N-ethyl adjacent to an activating group) is 1. The molecule has 7 nitrogen and oxygen atoms in total. The van der Waals surface area contributed by atoms with Crippen molar-refractivity contribution >= 4 is 29.3 Å². The minimum atomic E-state index is -0.993. The molecule has 0 saturated carbocycles. The Balaban J connectivity index is 2.05. The summed E-state index contributed by atoms with van der Waals surface area (Å²) in [6, 6.07) is 15.1. The fourth-order valence-electron chi connectivity index (χ4n) is 2.51. The third-order valence-corrected chi connectivity index (χ3v) is 3.82. The summed E-state index contributed by atoms with van der Waals surface area (Å²) in [4.78, 5) is 36.5. The molecular formula is C20H20N2O5. The molecule has 0 aliphatic rings. The summed E-state index contributed by atoms with van der Waals surface area (Å²) >= 11 is 0. The molecule has 7 heteroatoms. The molecule has 0 aliphatic carbocycles. The van der Waals surface area contributed by atoms with Crippen LogP contribution in [0, 0.1) is 10.1 Å². The van der Waals surface area contributed by atoms with E-state index in [0.717, 1.165) is 6.08 Å². The maximum Gasteiger partial charge on any atom is 0.331 e. The number of amides is 1. The molecule has 27 heavy (non-hydrogen) atoms. The van der Waals surface area contributed by atoms with Crippen LogP contribution in [0.3, 0.4) is 0 Å². The molecule has 140 valence electrons. The first-order valence-electron chi connectivity index (χ1n) is 8.42. The smallest absolute Gasteiger partial charge is 0.331 e. The van der Waals surface area contributed by atoms with Gasteiger partial charge in [0.25, 0.3) is 11.6 Å². The van der Waals surface area contributed by atoms with Crippen molar-refractivity contribution < 1.29 is 19.2 Å². The maximum atomic E-state index is 12.6. The first kappa shape index (κ1) is 19.8. The summed E-state index contributed by atoms with van der Waals surface area (Å²) < 4.78 is 5.15. The molecule has 0 radical (unpaired) electrons. The van der Waals surface area contributed by atoms with Crippen LogP contribution in [0.5, 0.6) is 0 Å². The standard InChI is InChI=1S/C20H20N2O5/c1-3-21(17-10-5-4-6-11-17)20(24)15(2)27-19(23)14-13-16-9-7-8-12-18(16)22(25)26/h4-15H,3H2,1-2H3/b14-13+/t15-/m1/s1. The zero-order valence-corrected chi connectivity index (χ0v) is 15.1. The van der Waals surface area contributed by atoms with Crippen LogP contribution >= 0.6 is 0 Å². The molecular weight excluding hydrogens is 348 g/mol. The third kappa shape index (κ3) is 5.24. The lowest BCUT2D eigenvalue weighted by molar-refractivity contribution is -0.385. The second kappa shape index (κ2) is 9.28. The van der Waals surface area contributed by atoms with E-state index in [0.29, 0.717) is 12.2 Å². The number of benzene rings is 2. The Bertz CT molecular complexity index is 848. The predicted molar refractivity (Wildman–Crippen MR) is 102 cm³/mol. The monoisotopic (exact) mass is 368 g/mol. The molecule has 2 rings (SSSR count). The van der Waals surface area contributed by atoms with Gasteiger partial charge >= 0.3 is 5.97 Å². The lowest BCUT2D eigenvalue weighted by Gasteiger charge is -2.24. The van der Waals surface area contributed by atoms with Gasteiger partial charge in [-0.05, 0) is 38.1 Å². The van der Waals surface area contributed by atoms with Crippen molar-refractivity contribution in [2.45, 2.75) is 20.0 Å². The fraction of sp³-hybridized carbons (Fsp3) is 0.200. The fourth-order valence-corrected chi connectivity index (χ4v) is 2.51. The van der Waals surface area contributed by atoms with Crippen molar-refractivity contribution in [3.8, 4) is 0 Å². The van der Waals surface area contributed by atoms with Crippen LogP contribution < -0.4 is 4.90 Å². The largest absolute Gasteiger partial charge is 0.449 e. The molecule has 0 bridgehead atoms. The van der Waals surface area contributed by atoms with Gasteiger partial charge < -0.3 is 9.64 Å². The highest BCUT2D eigenvalue weighted by molar-refractivity contribution is 5.98. The van der Waals surface area contributed by atoms with Crippen LogP contribution in [-0.4, -0.2) is 29.4 Å². The molecule has 0 heterocycles. The third-order valence-electron chi connectivity index (χ3n) is 3.82. The van der Waals surface area contributed by atoms with Gasteiger partial charge in [-0.1, -0.05) is 30.3 Å². The second-order valence-corrected chi connectivity index (χ2v) is 5.65. The number of carbonyl (C=O) groups is 2. The van der Waals surface area contributed by atoms with Crippen LogP contribution in [0.25, 0.3) is 6.08 Å². The van der Waals surface area contributed by atoms with Gasteiger partial charge in [0.15, 0.2) is 6.10 Å². The van der Waals surface area contributed by atoms with E-state index in [2.05, 4.69) is 0 Å². The quantitative estimate of drug-likeness (QED) is 0.322. The van der Waals surface area contributed by atoms with Crippen molar-refractivity contribution in [2.24, 2.45) is 0 Å². The summed E-state index contributed by atoms with van der Waals surface area (Å²) in [7, 11) is 0. The Hall–Kier alpha value is -3.48. The van der Waals surface area contributed by atoms with E-state index in [1.54, 1.807) is 18.2 Å². The lowest BCUT2D eigenvalue weighted by atomic mass is 10.1. The van der Waals surface area contributed by atoms with Crippen molar-refractivity contribution in [2.75, 3.05) is 11.4 Å². The second-order valence-electron chi connectivity index (χ2n) is 5.65. The number of ether oxygens (including phenoxy) is 1. The van der Waals surface area contributed by atoms with E-state index in [-0.39, 0.29) is 17.2 Å². The number of nitro groups is 1. The number of anilines is 1. The molecule has 2 aromatic carbocycles. The van der Waals surface area contributed by atoms with Gasteiger partial charge in [-0.25, -0.2) is 4.79 Å². The van der Waals surface area contributed by atoms with Gasteiger partial charge in [-0.3, -0.25) is 14.9 Å². The minimum absolute atomic E-state index is 0.119. The highest BCUT2D eigenvalue weighted by Crippen LogP contribution is 2.19. The van der Waals surface area contributed by atoms with Gasteiger partial charge in [0.1, 0.15) is 0 Å². The molecule has 0 unspecified atom stereocenters. The van der Waals surface area contributed by atoms with E-state index in [1.165, 1.54) is 36.1 Å². The molecule has 0 saturated heterocycles. The van der Waals surface area contributed by atoms with Crippen LogP contribution in [-0.2, 0) is 14.3 Å². The van der Waals surface area contributed by atoms with Crippen LogP contribution in [0.2, 0.25) is 0 Å². The van der Waals surface area contributed by atoms with Gasteiger partial charge in [0, 0.05) is 24.4 Å². The first-order valence-corrected chi connectivity index (χ1v) is 8.42. The number of esters is 1. The number of hydrogen-bond donors (Lipinski definition) is 0. The Morgan fingerprint density at radius 3 is 2.41 bits per heavy atom. The maximum absolute atomic E-state index is 12.6. The Morgan fingerprint density at radius 1 is 1.15 bits per heavy atom. The van der Waals surface area contributed by atoms with Crippen molar-refractivity contribution in [1.82, 2.24) is 0 Å². The Labute approximate surface area is 157 Å². The lowest BCUT2D eigenvalue weighted by Crippen LogP contribution is -2.39. The van der Waals surface area contributed by atoms with Gasteiger partial charge in [0.05, 0.1) is 10.5 Å². The Kier molecular flexibility index (Phi) is 6.82. The zero-order valence-electron chi connectivity index (χ0n) is 15.1. The molecule has 0 spiro atoms. The molecule has 1 atom stereocenters. The van der Waals surface area contributed by atoms with Crippen molar-refractivity contribution in [3.05, 3.63) is 76.4 Å². The van der Waals surface area contributed by atoms with E-state index in [1.807, 2.05) is 25.1 Å². The van der Waals surface area contributed by atoms with E-state index in [9.17, 15) is 19.7 Å². The van der Waals surface area contributed by atoms with E-state index in [4.69, 9.17) is 4.74 Å². The summed E-state index contributed by atoms with van der Waals surface area (Å²) in [6.45, 7) is 3.75. The summed E-state index contributed by atoms with van der Waals surface area (Å²) in [6.07, 6.45) is 1.38. The number of para-hydroxylation sites is 2. The molecule has 1 amide bonds. The van der Waals surface area contributed by atoms with E-state index >= 15 is 0 Å². The Morgan fingerprint density at radius 2 is 1.78 bits per heavy atom. The molecule has 0 fully saturated rings. The van der Waals surface area contributed by atoms with Gasteiger partial charge in [0.2, 0.25) is 0 Å². The van der Waals surface area contributed by atoms with Crippen LogP contribution in [0.15, 0.2) is 60.7 Å². The number of rotatable bonds is 7. The minimum Gasteiger partial charge on any atom is -0.449 e. The van der Waals surface area contributed by atoms with Crippen LogP contribution in [0.4, 0.5) is 11.4 Å². The molecule has 0 aliphatic heterocycles. The van der Waals surface area contributed by atoms with Crippen LogP contribution in [0.1, 0.15) is 19.4 Å². The zero-order chi connectivity index (χ0) is 19.8. The number of carbonyl (C=O) groups excluding carboxylic acids is 2. The number of nitro benzene ring substituents is 1. The van der Waals surface area contributed by atoms with Gasteiger partial charge in [-0.15, -0.1) is 0 Å². The van der Waals surface area contributed by atoms with Crippen molar-refractivity contribution in [3.63, 3.8) is 0 Å². The SMILES string of the molecule is CCN(C(=O)[C@@H](C)OC(=O)/C=C/c1ccccc1[N+](=O)[O-])c1ccccc1. The summed E-state index contributed by atoms with van der Waals surface area (Å²) in [5.41, 5.74) is 0.869. The summed E-state index contributed by atoms with van der Waals surface area (Å²) in [5.74, 6) is -1.10. The molecule has 0 N–H and O–H groups in total. The molecule has 0 aromatic heterocycles. The normalized spacial score (nSPS) is 11.8. The van der Waals surface area contributed by atoms with Gasteiger partial charge in [-0.2, -0.15) is 0 Å². The average molecular weight is 368 g/mol.